The van der Waals surface area contributed by atoms with Gasteiger partial charge in [0, 0.05) is 0 Å². The van der Waals surface area contributed by atoms with Crippen molar-refractivity contribution in [2.24, 2.45) is 11.6 Å². The summed E-state index contributed by atoms with van der Waals surface area (Å²) in [6, 6.07) is -0.778. The molecule has 0 saturated carbocycles. The molecule has 9 heavy (non-hydrogen) atoms. The summed E-state index contributed by atoms with van der Waals surface area (Å²) in [7, 11) is 1.25. The van der Waals surface area contributed by atoms with Crippen molar-refractivity contribution in [2.45, 2.75) is 6.04 Å². The summed E-state index contributed by atoms with van der Waals surface area (Å²) in [4.78, 5) is 14.5. The SMILES string of the molecule is COC(=O)[C@@H](N)CON. The van der Waals surface area contributed by atoms with Gasteiger partial charge in [-0.05, 0) is 0 Å². The highest BCUT2D eigenvalue weighted by atomic mass is 16.6. The topological polar surface area (TPSA) is 87.6 Å². The zero-order valence-corrected chi connectivity index (χ0v) is 5.16. The fourth-order valence-electron chi connectivity index (χ4n) is 0.323. The summed E-state index contributed by atoms with van der Waals surface area (Å²) in [5, 5.41) is 0. The van der Waals surface area contributed by atoms with Crippen molar-refractivity contribution < 1.29 is 14.4 Å². The van der Waals surface area contributed by atoms with Crippen LogP contribution >= 0.6 is 0 Å². The molecule has 0 bridgehead atoms. The Hall–Kier alpha value is -0.650. The van der Waals surface area contributed by atoms with Gasteiger partial charge in [0.05, 0.1) is 13.7 Å². The molecule has 4 N–H and O–H groups in total. The van der Waals surface area contributed by atoms with E-state index in [9.17, 15) is 4.79 Å². The average molecular weight is 134 g/mol. The average Bonchev–Trinajstić information content (AvgIpc) is 1.87. The van der Waals surface area contributed by atoms with Crippen molar-refractivity contribution in [3.05, 3.63) is 0 Å². The molecule has 0 amide bonds. The van der Waals surface area contributed by atoms with Crippen LogP contribution in [0.1, 0.15) is 0 Å². The first-order valence-corrected chi connectivity index (χ1v) is 2.37. The second-order valence-corrected chi connectivity index (χ2v) is 1.46. The molecule has 0 unspecified atom stereocenters. The first-order valence-electron chi connectivity index (χ1n) is 2.37. The lowest BCUT2D eigenvalue weighted by Crippen LogP contribution is -2.36. The van der Waals surface area contributed by atoms with Gasteiger partial charge in [-0.15, -0.1) is 0 Å². The van der Waals surface area contributed by atoms with Crippen LogP contribution in [0.5, 0.6) is 0 Å². The number of nitrogens with two attached hydrogens (primary N) is 2. The van der Waals surface area contributed by atoms with E-state index in [0.717, 1.165) is 0 Å². The van der Waals surface area contributed by atoms with E-state index in [1.807, 2.05) is 0 Å². The Morgan fingerprint density at radius 3 is 2.67 bits per heavy atom. The quantitative estimate of drug-likeness (QED) is 0.357. The van der Waals surface area contributed by atoms with E-state index in [1.165, 1.54) is 7.11 Å². The molecule has 0 radical (unpaired) electrons. The van der Waals surface area contributed by atoms with Crippen molar-refractivity contribution in [3.63, 3.8) is 0 Å². The molecule has 5 heteroatoms. The van der Waals surface area contributed by atoms with Gasteiger partial charge >= 0.3 is 5.97 Å². The molecule has 0 fully saturated rings. The predicted molar refractivity (Wildman–Crippen MR) is 30.1 cm³/mol. The Labute approximate surface area is 52.9 Å². The summed E-state index contributed by atoms with van der Waals surface area (Å²) < 4.78 is 4.27. The molecule has 0 rings (SSSR count). The largest absolute Gasteiger partial charge is 0.468 e. The summed E-state index contributed by atoms with van der Waals surface area (Å²) in [5.74, 6) is 4.11. The third-order valence-corrected chi connectivity index (χ3v) is 0.780. The summed E-state index contributed by atoms with van der Waals surface area (Å²) in [6.07, 6.45) is 0. The van der Waals surface area contributed by atoms with E-state index in [4.69, 9.17) is 5.73 Å². The highest BCUT2D eigenvalue weighted by molar-refractivity contribution is 5.75. The molecule has 0 aliphatic heterocycles. The Morgan fingerprint density at radius 1 is 1.78 bits per heavy atom. The number of ether oxygens (including phenoxy) is 1. The van der Waals surface area contributed by atoms with Crippen molar-refractivity contribution in [3.8, 4) is 0 Å². The fourth-order valence-corrected chi connectivity index (χ4v) is 0.323. The molecular weight excluding hydrogens is 124 g/mol. The number of hydrogen-bond donors (Lipinski definition) is 2. The van der Waals surface area contributed by atoms with Crippen LogP contribution in [0.15, 0.2) is 0 Å². The highest BCUT2D eigenvalue weighted by Gasteiger charge is 2.12. The van der Waals surface area contributed by atoms with Gasteiger partial charge in [-0.1, -0.05) is 0 Å². The van der Waals surface area contributed by atoms with Crippen molar-refractivity contribution in [2.75, 3.05) is 13.7 Å². The molecule has 54 valence electrons. The van der Waals surface area contributed by atoms with Gasteiger partial charge in [-0.3, -0.25) is 4.79 Å². The van der Waals surface area contributed by atoms with Crippen LogP contribution in [-0.4, -0.2) is 25.7 Å². The third-order valence-electron chi connectivity index (χ3n) is 0.780. The summed E-state index contributed by atoms with van der Waals surface area (Å²) in [5.41, 5.74) is 5.16. The fraction of sp³-hybridized carbons (Fsp3) is 0.750. The van der Waals surface area contributed by atoms with Gasteiger partial charge in [0.25, 0.3) is 0 Å². The lowest BCUT2D eigenvalue weighted by molar-refractivity contribution is -0.143. The number of esters is 1. The van der Waals surface area contributed by atoms with Gasteiger partial charge in [0.2, 0.25) is 0 Å². The van der Waals surface area contributed by atoms with E-state index in [-0.39, 0.29) is 6.61 Å². The van der Waals surface area contributed by atoms with E-state index in [0.29, 0.717) is 0 Å². The number of rotatable bonds is 3. The Kier molecular flexibility index (Phi) is 3.94. The van der Waals surface area contributed by atoms with Crippen LogP contribution in [-0.2, 0) is 14.4 Å². The Balaban J connectivity index is 3.45. The molecular formula is C4H10N2O3. The minimum atomic E-state index is -0.778. The Morgan fingerprint density at radius 2 is 2.33 bits per heavy atom. The van der Waals surface area contributed by atoms with Crippen molar-refractivity contribution in [1.29, 1.82) is 0 Å². The standard InChI is InChI=1S/C4H10N2O3/c1-8-4(7)3(5)2-9-6/h3H,2,5-6H2,1H3/t3-/m0/s1. The number of methoxy groups -OCH3 is 1. The van der Waals surface area contributed by atoms with E-state index in [1.54, 1.807) is 0 Å². The molecule has 0 aliphatic carbocycles. The van der Waals surface area contributed by atoms with Gasteiger partial charge in [-0.25, -0.2) is 5.90 Å². The normalized spacial score (nSPS) is 12.8. The van der Waals surface area contributed by atoms with Gasteiger partial charge in [-0.2, -0.15) is 0 Å². The minimum absolute atomic E-state index is 0.0212. The molecule has 0 aromatic carbocycles. The lowest BCUT2D eigenvalue weighted by atomic mass is 10.3. The zero-order valence-electron chi connectivity index (χ0n) is 5.16. The van der Waals surface area contributed by atoms with Gasteiger partial charge in [0.1, 0.15) is 6.04 Å². The molecule has 5 nitrogen and oxygen atoms in total. The van der Waals surface area contributed by atoms with Crippen LogP contribution in [0, 0.1) is 0 Å². The van der Waals surface area contributed by atoms with Crippen LogP contribution in [0.4, 0.5) is 0 Å². The maximum Gasteiger partial charge on any atom is 0.325 e. The van der Waals surface area contributed by atoms with Crippen molar-refractivity contribution >= 4 is 5.97 Å². The van der Waals surface area contributed by atoms with Crippen LogP contribution in [0.25, 0.3) is 0 Å². The maximum absolute atomic E-state index is 10.4. The first-order chi connectivity index (χ1) is 4.22. The van der Waals surface area contributed by atoms with Crippen molar-refractivity contribution in [1.82, 2.24) is 0 Å². The molecule has 0 aromatic rings. The van der Waals surface area contributed by atoms with Crippen LogP contribution in [0.3, 0.4) is 0 Å². The molecule has 0 aliphatic rings. The molecule has 0 aromatic heterocycles. The van der Waals surface area contributed by atoms with E-state index >= 15 is 0 Å². The van der Waals surface area contributed by atoms with E-state index in [2.05, 4.69) is 15.5 Å². The summed E-state index contributed by atoms with van der Waals surface area (Å²) in [6.45, 7) is -0.0212. The Bertz CT molecular complexity index is 95.8. The predicted octanol–water partition coefficient (Wildman–Crippen LogP) is -1.62. The third kappa shape index (κ3) is 3.02. The van der Waals surface area contributed by atoms with E-state index < -0.39 is 12.0 Å². The number of carbonyl (C=O) groups is 1. The van der Waals surface area contributed by atoms with Gasteiger partial charge in [0.15, 0.2) is 0 Å². The number of carbonyl (C=O) groups excluding carboxylic acids is 1. The zero-order chi connectivity index (χ0) is 7.28. The molecule has 0 heterocycles. The molecule has 0 saturated heterocycles. The smallest absolute Gasteiger partial charge is 0.325 e. The monoisotopic (exact) mass is 134 g/mol. The first kappa shape index (κ1) is 8.35. The van der Waals surface area contributed by atoms with Crippen LogP contribution in [0.2, 0.25) is 0 Å². The van der Waals surface area contributed by atoms with Gasteiger partial charge < -0.3 is 15.3 Å². The van der Waals surface area contributed by atoms with Crippen LogP contribution < -0.4 is 11.6 Å². The highest BCUT2D eigenvalue weighted by Crippen LogP contribution is 1.81. The maximum atomic E-state index is 10.4. The molecule has 1 atom stereocenters. The summed E-state index contributed by atoms with van der Waals surface area (Å²) >= 11 is 0. The second kappa shape index (κ2) is 4.25. The molecule has 0 spiro atoms. The second-order valence-electron chi connectivity index (χ2n) is 1.46. The number of hydrogen-bond acceptors (Lipinski definition) is 5. The minimum Gasteiger partial charge on any atom is -0.468 e. The lowest BCUT2D eigenvalue weighted by Gasteiger charge is -2.05.